The van der Waals surface area contributed by atoms with Crippen LogP contribution in [0.15, 0.2) is 8.57 Å². The molecule has 0 aliphatic heterocycles. The molecule has 0 radical (unpaired) electrons. The van der Waals surface area contributed by atoms with E-state index < -0.39 is 28.2 Å². The largest absolute Gasteiger partial charge is 0.390 e. The van der Waals surface area contributed by atoms with Gasteiger partial charge in [0.25, 0.3) is 0 Å². The van der Waals surface area contributed by atoms with E-state index in [0.717, 1.165) is 71.6 Å². The fourth-order valence-electron chi connectivity index (χ4n) is 4.36. The van der Waals surface area contributed by atoms with Gasteiger partial charge < -0.3 is 15.5 Å². The topological polar surface area (TPSA) is 151 Å². The Balaban J connectivity index is 1.72. The van der Waals surface area contributed by atoms with Crippen LogP contribution in [0.5, 0.6) is 0 Å². The molecule has 5 N–H and O–H groups in total. The summed E-state index contributed by atoms with van der Waals surface area (Å²) in [5.74, 6) is 0. The number of aryl methyl sites for hydroxylation is 1. The summed E-state index contributed by atoms with van der Waals surface area (Å²) < 4.78 is 17.0. The number of nitrogens with zero attached hydrogens (tertiary/aromatic N) is 3. The molecule has 0 unspecified atom stereocenters. The molecule has 32 heavy (non-hydrogen) atoms. The number of thiazole rings is 1. The summed E-state index contributed by atoms with van der Waals surface area (Å²) in [7, 11) is -3.68. The second kappa shape index (κ2) is 7.84. The van der Waals surface area contributed by atoms with Gasteiger partial charge in [0.15, 0.2) is 9.92 Å². The van der Waals surface area contributed by atoms with Crippen molar-refractivity contribution in [3.8, 4) is 0 Å². The molecular formula is C21H29N5O4S2. The number of fused-ring (bicyclic) bond motifs is 2. The van der Waals surface area contributed by atoms with Crippen LogP contribution in [0.3, 0.4) is 0 Å². The number of rotatable bonds is 4. The zero-order valence-electron chi connectivity index (χ0n) is 18.7. The van der Waals surface area contributed by atoms with Gasteiger partial charge in [-0.3, -0.25) is 4.98 Å². The summed E-state index contributed by atoms with van der Waals surface area (Å²) in [6.45, 7) is 6.80. The Hall–Kier alpha value is -1.92. The molecule has 2 aromatic heterocycles. The van der Waals surface area contributed by atoms with Crippen molar-refractivity contribution in [3.63, 3.8) is 0 Å². The van der Waals surface area contributed by atoms with Crippen LogP contribution in [0.1, 0.15) is 73.8 Å². The zero-order valence-corrected chi connectivity index (χ0v) is 20.3. The Bertz CT molecular complexity index is 1220. The number of aromatic nitrogens is 2. The van der Waals surface area contributed by atoms with Crippen molar-refractivity contribution >= 4 is 33.0 Å². The minimum absolute atomic E-state index is 0.0152. The lowest BCUT2D eigenvalue weighted by atomic mass is 9.90. The number of aliphatic hydroxyl groups excluding tert-OH is 1. The van der Waals surface area contributed by atoms with E-state index in [-0.39, 0.29) is 20.3 Å². The summed E-state index contributed by atoms with van der Waals surface area (Å²) in [5, 5.41) is 28.9. The quantitative estimate of drug-likeness (QED) is 0.529. The summed E-state index contributed by atoms with van der Waals surface area (Å²) in [6.07, 6.45) is 4.40. The highest BCUT2D eigenvalue weighted by molar-refractivity contribution is 7.93. The second-order valence-electron chi connectivity index (χ2n) is 9.54. The van der Waals surface area contributed by atoms with Gasteiger partial charge in [-0.15, -0.1) is 15.7 Å². The Morgan fingerprint density at radius 2 is 2.00 bits per heavy atom. The molecule has 11 heteroatoms. The van der Waals surface area contributed by atoms with E-state index in [0.29, 0.717) is 0 Å². The van der Waals surface area contributed by atoms with Crippen LogP contribution in [0.25, 0.3) is 0 Å². The smallest absolute Gasteiger partial charge is 0.354 e. The number of pyridine rings is 1. The highest BCUT2D eigenvalue weighted by Crippen LogP contribution is 2.44. The van der Waals surface area contributed by atoms with Crippen molar-refractivity contribution in [2.45, 2.75) is 81.6 Å². The molecule has 0 saturated heterocycles. The molecule has 0 fully saturated rings. The Labute approximate surface area is 191 Å². The van der Waals surface area contributed by atoms with Crippen LogP contribution < -0.4 is 10.5 Å². The molecule has 2 amide bonds. The highest BCUT2D eigenvalue weighted by atomic mass is 32.2. The van der Waals surface area contributed by atoms with E-state index >= 15 is 0 Å². The van der Waals surface area contributed by atoms with E-state index in [4.69, 9.17) is 10.1 Å². The molecule has 1 atom stereocenters. The van der Waals surface area contributed by atoms with Crippen molar-refractivity contribution in [1.29, 1.82) is 0 Å². The summed E-state index contributed by atoms with van der Waals surface area (Å²) in [5.41, 5.74) is 3.42. The third-order valence-corrected chi connectivity index (χ3v) is 9.39. The van der Waals surface area contributed by atoms with E-state index in [1.54, 1.807) is 0 Å². The van der Waals surface area contributed by atoms with Gasteiger partial charge in [0.05, 0.1) is 23.7 Å². The lowest BCUT2D eigenvalue weighted by molar-refractivity contribution is 0.0779. The van der Waals surface area contributed by atoms with Crippen molar-refractivity contribution in [2.75, 3.05) is 5.32 Å². The number of aliphatic hydroxyl groups is 2. The number of urea groups is 1. The number of nitrogens with two attached hydrogens (primary N) is 1. The maximum atomic E-state index is 13.2. The van der Waals surface area contributed by atoms with Crippen LogP contribution in [0, 0.1) is 0 Å². The molecule has 2 heterocycles. The number of nitrogens with one attached hydrogen (secondary N) is 1. The highest BCUT2D eigenvalue weighted by Gasteiger charge is 2.36. The van der Waals surface area contributed by atoms with Crippen LogP contribution in [-0.4, -0.2) is 30.4 Å². The molecule has 0 spiro atoms. The molecule has 174 valence electrons. The van der Waals surface area contributed by atoms with Gasteiger partial charge in [0.2, 0.25) is 0 Å². The Morgan fingerprint density at radius 3 is 2.66 bits per heavy atom. The van der Waals surface area contributed by atoms with E-state index in [1.807, 2.05) is 0 Å². The van der Waals surface area contributed by atoms with Gasteiger partial charge in [0, 0.05) is 11.1 Å². The second-order valence-corrected chi connectivity index (χ2v) is 12.5. The van der Waals surface area contributed by atoms with Crippen LogP contribution in [-0.2, 0) is 46.8 Å². The number of anilines is 1. The normalized spacial score (nSPS) is 18.7. The van der Waals surface area contributed by atoms with Gasteiger partial charge in [-0.2, -0.15) is 0 Å². The molecule has 0 saturated carbocycles. The van der Waals surface area contributed by atoms with Gasteiger partial charge in [0.1, 0.15) is 14.8 Å². The molecule has 9 nitrogen and oxygen atoms in total. The number of carbonyl (C=O) groups excluding carboxylic acids is 1. The van der Waals surface area contributed by atoms with E-state index in [1.165, 1.54) is 13.8 Å². The van der Waals surface area contributed by atoms with Crippen LogP contribution in [0.4, 0.5) is 10.5 Å². The predicted molar refractivity (Wildman–Crippen MR) is 123 cm³/mol. The molecular weight excluding hydrogens is 450 g/mol. The maximum Gasteiger partial charge on any atom is 0.354 e. The lowest BCUT2D eigenvalue weighted by Gasteiger charge is -2.20. The van der Waals surface area contributed by atoms with Crippen molar-refractivity contribution in [2.24, 2.45) is 9.50 Å². The summed E-state index contributed by atoms with van der Waals surface area (Å²) in [4.78, 5) is 21.9. The predicted octanol–water partition coefficient (Wildman–Crippen LogP) is 2.90. The van der Waals surface area contributed by atoms with E-state index in [2.05, 4.69) is 28.5 Å². The fraction of sp³-hybridized carbons (Fsp3) is 0.571. The molecule has 0 aromatic carbocycles. The summed E-state index contributed by atoms with van der Waals surface area (Å²) in [6, 6.07) is -0.813. The standard InChI is InChI=1S/C21H29N5O4S2/c1-20(2)9-8-12-15(11-6-5-7-13(11)23-16(12)20)25-19(28)26-32(22,30)17-14(10-27)24-18(31-17)21(3,4)29/h27,29H,5-10H2,1-4H3,(H3,22,23,25,26,28,30)/t32-/m1/s1. The Morgan fingerprint density at radius 1 is 1.28 bits per heavy atom. The molecule has 2 aliphatic rings. The molecule has 4 rings (SSSR count). The fourth-order valence-corrected chi connectivity index (χ4v) is 6.81. The summed E-state index contributed by atoms with van der Waals surface area (Å²) >= 11 is 0.881. The zero-order chi connectivity index (χ0) is 23.5. The number of carbonyl (C=O) groups is 1. The van der Waals surface area contributed by atoms with Crippen molar-refractivity contribution < 1.29 is 19.2 Å². The minimum Gasteiger partial charge on any atom is -0.390 e. The minimum atomic E-state index is -3.68. The first-order valence-electron chi connectivity index (χ1n) is 10.6. The van der Waals surface area contributed by atoms with Crippen molar-refractivity contribution in [1.82, 2.24) is 9.97 Å². The Kier molecular flexibility index (Phi) is 5.70. The number of hydrogen-bond acceptors (Lipinski definition) is 7. The third kappa shape index (κ3) is 4.08. The average Bonchev–Trinajstić information content (AvgIpc) is 3.38. The van der Waals surface area contributed by atoms with Gasteiger partial charge in [-0.1, -0.05) is 13.8 Å². The average molecular weight is 480 g/mol. The van der Waals surface area contributed by atoms with E-state index in [9.17, 15) is 19.2 Å². The lowest BCUT2D eigenvalue weighted by Crippen LogP contribution is -2.20. The van der Waals surface area contributed by atoms with Gasteiger partial charge in [-0.25, -0.2) is 19.1 Å². The monoisotopic (exact) mass is 479 g/mol. The maximum absolute atomic E-state index is 13.2. The number of amides is 2. The first-order chi connectivity index (χ1) is 14.8. The first kappa shape index (κ1) is 23.2. The third-order valence-electron chi connectivity index (χ3n) is 6.02. The van der Waals surface area contributed by atoms with Gasteiger partial charge >= 0.3 is 6.03 Å². The van der Waals surface area contributed by atoms with Gasteiger partial charge in [-0.05, 0) is 57.1 Å². The molecule has 0 bridgehead atoms. The molecule has 2 aromatic rings. The van der Waals surface area contributed by atoms with Crippen LogP contribution in [0.2, 0.25) is 0 Å². The number of hydrogen-bond donors (Lipinski definition) is 4. The SMILES string of the molecule is CC(C)(O)c1nc(CO)c([S@](N)(=O)=NC(=O)Nc2c3c(nc4c2CCC4(C)C)CCC3)s1. The first-order valence-corrected chi connectivity index (χ1v) is 13.0. The van der Waals surface area contributed by atoms with Crippen molar-refractivity contribution in [3.05, 3.63) is 33.2 Å². The van der Waals surface area contributed by atoms with Crippen LogP contribution >= 0.6 is 11.3 Å². The molecule has 2 aliphatic carbocycles.